The van der Waals surface area contributed by atoms with E-state index in [9.17, 15) is 0 Å². The van der Waals surface area contributed by atoms with Crippen LogP contribution in [0.3, 0.4) is 0 Å². The zero-order valence-electron chi connectivity index (χ0n) is 6.87. The van der Waals surface area contributed by atoms with Gasteiger partial charge in [-0.2, -0.15) is 0 Å². The fourth-order valence-electron chi connectivity index (χ4n) is 1.14. The van der Waals surface area contributed by atoms with Gasteiger partial charge in [-0.25, -0.2) is 4.98 Å². The van der Waals surface area contributed by atoms with Crippen LogP contribution in [0.4, 0.5) is 0 Å². The van der Waals surface area contributed by atoms with Crippen LogP contribution in [0.15, 0.2) is 17.0 Å². The van der Waals surface area contributed by atoms with Crippen LogP contribution in [0.25, 0.3) is 5.65 Å². The highest BCUT2D eigenvalue weighted by molar-refractivity contribution is 9.10. The van der Waals surface area contributed by atoms with Crippen LogP contribution in [0.1, 0.15) is 11.4 Å². The van der Waals surface area contributed by atoms with Crippen molar-refractivity contribution in [2.75, 3.05) is 0 Å². The van der Waals surface area contributed by atoms with E-state index < -0.39 is 0 Å². The Morgan fingerprint density at radius 3 is 2.92 bits per heavy atom. The minimum absolute atomic E-state index is 0.880. The zero-order valence-corrected chi connectivity index (χ0v) is 8.46. The van der Waals surface area contributed by atoms with Crippen molar-refractivity contribution in [2.45, 2.75) is 13.8 Å². The molecule has 0 saturated carbocycles. The molecule has 0 spiro atoms. The van der Waals surface area contributed by atoms with Gasteiger partial charge in [0.1, 0.15) is 4.60 Å². The minimum Gasteiger partial charge on any atom is -0.291 e. The lowest BCUT2D eigenvalue weighted by Crippen LogP contribution is -1.88. The predicted octanol–water partition coefficient (Wildman–Crippen LogP) is 2.11. The number of fused-ring (bicyclic) bond motifs is 1. The third-order valence-corrected chi connectivity index (χ3v) is 2.69. The molecule has 0 aliphatic rings. The molecule has 0 bridgehead atoms. The Balaban J connectivity index is 2.88. The van der Waals surface area contributed by atoms with Crippen molar-refractivity contribution in [3.05, 3.63) is 28.4 Å². The van der Waals surface area contributed by atoms with Crippen LogP contribution in [-0.2, 0) is 0 Å². The molecule has 2 rings (SSSR count). The maximum atomic E-state index is 4.31. The molecule has 0 aliphatic carbocycles. The van der Waals surface area contributed by atoms with Crippen LogP contribution < -0.4 is 0 Å². The van der Waals surface area contributed by atoms with Gasteiger partial charge in [0, 0.05) is 6.20 Å². The predicted molar refractivity (Wildman–Crippen MR) is 50.2 cm³/mol. The Hall–Kier alpha value is -0.900. The van der Waals surface area contributed by atoms with Gasteiger partial charge in [0.15, 0.2) is 5.65 Å². The molecule has 0 N–H and O–H groups in total. The van der Waals surface area contributed by atoms with Gasteiger partial charge in [-0.15, -0.1) is 0 Å². The van der Waals surface area contributed by atoms with Crippen molar-refractivity contribution < 1.29 is 0 Å². The highest BCUT2D eigenvalue weighted by atomic mass is 79.9. The van der Waals surface area contributed by atoms with Crippen molar-refractivity contribution >= 4 is 21.6 Å². The number of halogens is 1. The van der Waals surface area contributed by atoms with E-state index in [4.69, 9.17) is 0 Å². The van der Waals surface area contributed by atoms with Crippen molar-refractivity contribution in [1.82, 2.24) is 14.4 Å². The Kier molecular flexibility index (Phi) is 1.65. The van der Waals surface area contributed by atoms with Crippen molar-refractivity contribution in [3.8, 4) is 0 Å². The molecule has 0 aliphatic heterocycles. The summed E-state index contributed by atoms with van der Waals surface area (Å²) in [6.07, 6.45) is 3.73. The first-order valence-electron chi connectivity index (χ1n) is 3.65. The van der Waals surface area contributed by atoms with E-state index in [0.717, 1.165) is 21.6 Å². The molecule has 0 amide bonds. The molecule has 0 saturated heterocycles. The summed E-state index contributed by atoms with van der Waals surface area (Å²) in [5.74, 6) is 0. The van der Waals surface area contributed by atoms with Gasteiger partial charge in [0.05, 0.1) is 17.6 Å². The van der Waals surface area contributed by atoms with Crippen LogP contribution in [0.5, 0.6) is 0 Å². The molecule has 12 heavy (non-hydrogen) atoms. The Morgan fingerprint density at radius 2 is 2.17 bits per heavy atom. The Morgan fingerprint density at radius 1 is 1.42 bits per heavy atom. The molecule has 0 radical (unpaired) electrons. The number of hydrogen-bond donors (Lipinski definition) is 0. The second kappa shape index (κ2) is 2.55. The van der Waals surface area contributed by atoms with E-state index in [0.29, 0.717) is 0 Å². The van der Waals surface area contributed by atoms with Gasteiger partial charge >= 0.3 is 0 Å². The number of aryl methyl sites for hydroxylation is 2. The van der Waals surface area contributed by atoms with Gasteiger partial charge < -0.3 is 0 Å². The molecule has 62 valence electrons. The molecular weight excluding hydrogens is 218 g/mol. The monoisotopic (exact) mass is 225 g/mol. The van der Waals surface area contributed by atoms with E-state index in [2.05, 4.69) is 25.9 Å². The SMILES string of the molecule is Cc1cn2c(Br)c(C)nc2cn1. The lowest BCUT2D eigenvalue weighted by atomic mass is 10.5. The van der Waals surface area contributed by atoms with Crippen molar-refractivity contribution in [1.29, 1.82) is 0 Å². The lowest BCUT2D eigenvalue weighted by molar-refractivity contribution is 1.05. The smallest absolute Gasteiger partial charge is 0.156 e. The topological polar surface area (TPSA) is 30.2 Å². The van der Waals surface area contributed by atoms with Crippen LogP contribution in [0, 0.1) is 13.8 Å². The third-order valence-electron chi connectivity index (χ3n) is 1.74. The Labute approximate surface area is 78.6 Å². The van der Waals surface area contributed by atoms with Crippen molar-refractivity contribution in [3.63, 3.8) is 0 Å². The number of rotatable bonds is 0. The molecule has 3 nitrogen and oxygen atoms in total. The highest BCUT2D eigenvalue weighted by Gasteiger charge is 2.04. The normalized spacial score (nSPS) is 10.9. The molecular formula is C8H8BrN3. The third kappa shape index (κ3) is 1.03. The summed E-state index contributed by atoms with van der Waals surface area (Å²) < 4.78 is 2.99. The largest absolute Gasteiger partial charge is 0.291 e. The van der Waals surface area contributed by atoms with Crippen LogP contribution >= 0.6 is 15.9 Å². The molecule has 0 aromatic carbocycles. The van der Waals surface area contributed by atoms with E-state index in [1.165, 1.54) is 0 Å². The molecule has 2 aromatic heterocycles. The summed E-state index contributed by atoms with van der Waals surface area (Å²) >= 11 is 3.46. The fourth-order valence-corrected chi connectivity index (χ4v) is 1.51. The molecule has 4 heteroatoms. The molecule has 0 atom stereocenters. The molecule has 2 aromatic rings. The number of nitrogens with zero attached hydrogens (tertiary/aromatic N) is 3. The maximum absolute atomic E-state index is 4.31. The Bertz CT molecular complexity index is 433. The number of aromatic nitrogens is 3. The van der Waals surface area contributed by atoms with Crippen LogP contribution in [0.2, 0.25) is 0 Å². The molecule has 0 unspecified atom stereocenters. The summed E-state index contributed by atoms with van der Waals surface area (Å²) in [6, 6.07) is 0. The van der Waals surface area contributed by atoms with Gasteiger partial charge in [-0.05, 0) is 29.8 Å². The van der Waals surface area contributed by atoms with E-state index in [1.54, 1.807) is 6.20 Å². The summed E-state index contributed by atoms with van der Waals surface area (Å²) in [5, 5.41) is 0. The lowest BCUT2D eigenvalue weighted by Gasteiger charge is -1.95. The number of imidazole rings is 1. The standard InChI is InChI=1S/C8H8BrN3/c1-5-4-12-7(3-10-5)11-6(2)8(12)9/h3-4H,1-2H3. The van der Waals surface area contributed by atoms with Gasteiger partial charge in [-0.1, -0.05) is 0 Å². The summed E-state index contributed by atoms with van der Waals surface area (Å²) in [5.41, 5.74) is 2.85. The van der Waals surface area contributed by atoms with Crippen LogP contribution in [-0.4, -0.2) is 14.4 Å². The highest BCUT2D eigenvalue weighted by Crippen LogP contribution is 2.17. The summed E-state index contributed by atoms with van der Waals surface area (Å²) in [7, 11) is 0. The average Bonchev–Trinajstić information content (AvgIpc) is 2.31. The first kappa shape index (κ1) is 7.73. The first-order valence-corrected chi connectivity index (χ1v) is 4.44. The van der Waals surface area contributed by atoms with E-state index in [-0.39, 0.29) is 0 Å². The van der Waals surface area contributed by atoms with Gasteiger partial charge in [0.25, 0.3) is 0 Å². The van der Waals surface area contributed by atoms with E-state index >= 15 is 0 Å². The second-order valence-corrected chi connectivity index (χ2v) is 3.50. The quantitative estimate of drug-likeness (QED) is 0.688. The average molecular weight is 226 g/mol. The molecule has 2 heterocycles. The summed E-state index contributed by atoms with van der Waals surface area (Å²) in [6.45, 7) is 3.92. The molecule has 0 fully saturated rings. The zero-order chi connectivity index (χ0) is 8.72. The van der Waals surface area contributed by atoms with Gasteiger partial charge in [0.2, 0.25) is 0 Å². The fraction of sp³-hybridized carbons (Fsp3) is 0.250. The van der Waals surface area contributed by atoms with Crippen molar-refractivity contribution in [2.24, 2.45) is 0 Å². The first-order chi connectivity index (χ1) is 5.68. The van der Waals surface area contributed by atoms with E-state index in [1.807, 2.05) is 24.4 Å². The maximum Gasteiger partial charge on any atom is 0.156 e. The van der Waals surface area contributed by atoms with Gasteiger partial charge in [-0.3, -0.25) is 9.38 Å². The number of hydrogen-bond acceptors (Lipinski definition) is 2. The summed E-state index contributed by atoms with van der Waals surface area (Å²) in [4.78, 5) is 8.46. The second-order valence-electron chi connectivity index (χ2n) is 2.74. The minimum atomic E-state index is 0.880.